The SMILES string of the molecule is CC(C)CCC[C@@H](C)[C@@H]1CC[C@H]2[C@H]3CC=C4C[C@@H](OC(=O)Nc5ccc(Cl)c(Cl)c5)CC[C@]4(C)[C@H]3CC[C@@]21C. The van der Waals surface area contributed by atoms with Gasteiger partial charge >= 0.3 is 6.09 Å². The largest absolute Gasteiger partial charge is 0.446 e. The summed E-state index contributed by atoms with van der Waals surface area (Å²) in [5, 5.41) is 3.71. The van der Waals surface area contributed by atoms with E-state index in [1.54, 1.807) is 23.8 Å². The molecule has 0 bridgehead atoms. The smallest absolute Gasteiger partial charge is 0.411 e. The molecule has 5 rings (SSSR count). The molecule has 0 saturated heterocycles. The van der Waals surface area contributed by atoms with Gasteiger partial charge in [-0.15, -0.1) is 0 Å². The Labute approximate surface area is 246 Å². The molecule has 1 aromatic carbocycles. The van der Waals surface area contributed by atoms with Crippen LogP contribution in [0.25, 0.3) is 0 Å². The lowest BCUT2D eigenvalue weighted by Gasteiger charge is -2.58. The number of rotatable bonds is 7. The van der Waals surface area contributed by atoms with Crippen LogP contribution in [0.2, 0.25) is 10.0 Å². The first-order valence-electron chi connectivity index (χ1n) is 15.6. The molecular formula is C34H49Cl2NO2. The minimum atomic E-state index is -0.413. The van der Waals surface area contributed by atoms with Crippen molar-refractivity contribution >= 4 is 35.0 Å². The van der Waals surface area contributed by atoms with Crippen molar-refractivity contribution in [2.24, 2.45) is 46.3 Å². The number of carbonyl (C=O) groups is 1. The number of benzene rings is 1. The third-order valence-corrected chi connectivity index (χ3v) is 12.4. The fourth-order valence-electron chi connectivity index (χ4n) is 9.63. The molecule has 0 aromatic heterocycles. The first-order valence-corrected chi connectivity index (χ1v) is 16.4. The summed E-state index contributed by atoms with van der Waals surface area (Å²) in [6.07, 6.45) is 16.0. The lowest BCUT2D eigenvalue weighted by Crippen LogP contribution is -2.51. The van der Waals surface area contributed by atoms with E-state index in [0.29, 0.717) is 21.1 Å². The van der Waals surface area contributed by atoms with Crippen LogP contribution in [-0.4, -0.2) is 12.2 Å². The van der Waals surface area contributed by atoms with Gasteiger partial charge in [0, 0.05) is 12.1 Å². The van der Waals surface area contributed by atoms with Crippen LogP contribution in [0.4, 0.5) is 10.5 Å². The first kappa shape index (κ1) is 29.3. The van der Waals surface area contributed by atoms with Gasteiger partial charge in [0.2, 0.25) is 0 Å². The van der Waals surface area contributed by atoms with E-state index in [2.05, 4.69) is 46.0 Å². The Morgan fingerprint density at radius 2 is 1.82 bits per heavy atom. The second-order valence-corrected chi connectivity index (χ2v) is 15.1. The number of ether oxygens (including phenoxy) is 1. The molecule has 0 aliphatic heterocycles. The van der Waals surface area contributed by atoms with Gasteiger partial charge in [-0.05, 0) is 109 Å². The van der Waals surface area contributed by atoms with Crippen molar-refractivity contribution in [1.82, 2.24) is 0 Å². The number of anilines is 1. The standard InChI is InChI=1S/C34H49Cl2NO2/c1-21(2)7-6-8-22(3)27-12-13-28-26-11-9-23-19-25(15-17-33(23,4)29(26)16-18-34(27,28)5)39-32(38)37-24-10-14-30(35)31(36)20-24/h9-10,14,20-22,25-29H,6-8,11-13,15-19H2,1-5H3,(H,37,38)/t22-,25+,26-,27+,28+,29+,33+,34-/m1/s1. The fraction of sp³-hybridized carbons (Fsp3) is 0.735. The minimum Gasteiger partial charge on any atom is -0.446 e. The van der Waals surface area contributed by atoms with E-state index in [0.717, 1.165) is 54.8 Å². The predicted molar refractivity (Wildman–Crippen MR) is 163 cm³/mol. The number of carbonyl (C=O) groups excluding carboxylic acids is 1. The van der Waals surface area contributed by atoms with Crippen molar-refractivity contribution in [1.29, 1.82) is 0 Å². The van der Waals surface area contributed by atoms with E-state index >= 15 is 0 Å². The number of nitrogens with one attached hydrogen (secondary N) is 1. The van der Waals surface area contributed by atoms with Crippen molar-refractivity contribution < 1.29 is 9.53 Å². The summed E-state index contributed by atoms with van der Waals surface area (Å²) >= 11 is 12.1. The quantitative estimate of drug-likeness (QED) is 0.329. The number of amides is 1. The van der Waals surface area contributed by atoms with Gasteiger partial charge in [0.05, 0.1) is 10.0 Å². The van der Waals surface area contributed by atoms with Gasteiger partial charge in [0.25, 0.3) is 0 Å². The highest BCUT2D eigenvalue weighted by Crippen LogP contribution is 2.67. The van der Waals surface area contributed by atoms with Crippen LogP contribution in [0.15, 0.2) is 29.8 Å². The Morgan fingerprint density at radius 1 is 1.03 bits per heavy atom. The Balaban J connectivity index is 1.21. The predicted octanol–water partition coefficient (Wildman–Crippen LogP) is 11.0. The molecule has 4 aliphatic carbocycles. The minimum absolute atomic E-state index is 0.0694. The van der Waals surface area contributed by atoms with Gasteiger partial charge in [-0.1, -0.05) is 88.7 Å². The monoisotopic (exact) mass is 573 g/mol. The van der Waals surface area contributed by atoms with E-state index in [-0.39, 0.29) is 11.5 Å². The Morgan fingerprint density at radius 3 is 2.56 bits per heavy atom. The molecule has 0 radical (unpaired) electrons. The van der Waals surface area contributed by atoms with Crippen LogP contribution in [0, 0.1) is 46.3 Å². The summed E-state index contributed by atoms with van der Waals surface area (Å²) in [4.78, 5) is 12.7. The molecule has 216 valence electrons. The van der Waals surface area contributed by atoms with Crippen LogP contribution >= 0.6 is 23.2 Å². The molecule has 3 fully saturated rings. The number of allylic oxidation sites excluding steroid dienone is 1. The van der Waals surface area contributed by atoms with E-state index < -0.39 is 6.09 Å². The summed E-state index contributed by atoms with van der Waals surface area (Å²) in [6, 6.07) is 5.09. The zero-order chi connectivity index (χ0) is 27.9. The molecular weight excluding hydrogens is 525 g/mol. The Kier molecular flexibility index (Phi) is 8.71. The molecule has 3 saturated carbocycles. The highest BCUT2D eigenvalue weighted by atomic mass is 35.5. The molecule has 1 amide bonds. The normalized spacial score (nSPS) is 36.4. The Hall–Kier alpha value is -1.19. The number of halogens is 2. The van der Waals surface area contributed by atoms with E-state index in [1.807, 2.05) is 0 Å². The molecule has 39 heavy (non-hydrogen) atoms. The average Bonchev–Trinajstić information content (AvgIpc) is 3.23. The van der Waals surface area contributed by atoms with E-state index in [1.165, 1.54) is 51.4 Å². The second kappa shape index (κ2) is 11.6. The van der Waals surface area contributed by atoms with Gasteiger partial charge in [-0.3, -0.25) is 5.32 Å². The second-order valence-electron chi connectivity index (χ2n) is 14.3. The molecule has 0 spiro atoms. The van der Waals surface area contributed by atoms with E-state index in [9.17, 15) is 4.79 Å². The van der Waals surface area contributed by atoms with E-state index in [4.69, 9.17) is 27.9 Å². The maximum Gasteiger partial charge on any atom is 0.411 e. The molecule has 0 heterocycles. The summed E-state index contributed by atoms with van der Waals surface area (Å²) in [5.41, 5.74) is 2.92. The topological polar surface area (TPSA) is 38.3 Å². The maximum absolute atomic E-state index is 12.7. The molecule has 3 nitrogen and oxygen atoms in total. The van der Waals surface area contributed by atoms with Crippen LogP contribution in [0.3, 0.4) is 0 Å². The van der Waals surface area contributed by atoms with Crippen LogP contribution < -0.4 is 5.32 Å². The van der Waals surface area contributed by atoms with Crippen molar-refractivity contribution in [2.75, 3.05) is 5.32 Å². The summed E-state index contributed by atoms with van der Waals surface area (Å²) in [6.45, 7) is 12.5. The van der Waals surface area contributed by atoms with Gasteiger partial charge in [-0.2, -0.15) is 0 Å². The first-order chi connectivity index (χ1) is 18.5. The maximum atomic E-state index is 12.7. The van der Waals surface area contributed by atoms with Crippen molar-refractivity contribution in [2.45, 2.75) is 111 Å². The van der Waals surface area contributed by atoms with Crippen molar-refractivity contribution in [3.8, 4) is 0 Å². The Bertz CT molecular complexity index is 1080. The van der Waals surface area contributed by atoms with Gasteiger partial charge in [0.1, 0.15) is 6.10 Å². The van der Waals surface area contributed by atoms with Crippen molar-refractivity contribution in [3.63, 3.8) is 0 Å². The fourth-order valence-corrected chi connectivity index (χ4v) is 9.92. The van der Waals surface area contributed by atoms with Gasteiger partial charge in [0.15, 0.2) is 0 Å². The van der Waals surface area contributed by atoms with Crippen molar-refractivity contribution in [3.05, 3.63) is 39.9 Å². The highest BCUT2D eigenvalue weighted by Gasteiger charge is 2.59. The highest BCUT2D eigenvalue weighted by molar-refractivity contribution is 6.42. The van der Waals surface area contributed by atoms with Gasteiger partial charge < -0.3 is 4.74 Å². The molecule has 1 N–H and O–H groups in total. The lowest BCUT2D eigenvalue weighted by atomic mass is 9.47. The number of hydrogen-bond acceptors (Lipinski definition) is 2. The average molecular weight is 575 g/mol. The summed E-state index contributed by atoms with van der Waals surface area (Å²) < 4.78 is 5.90. The molecule has 1 aromatic rings. The number of hydrogen-bond donors (Lipinski definition) is 1. The van der Waals surface area contributed by atoms with Crippen LogP contribution in [-0.2, 0) is 4.74 Å². The summed E-state index contributed by atoms with van der Waals surface area (Å²) in [5.74, 6) is 5.03. The molecule has 8 atom stereocenters. The molecule has 5 heteroatoms. The lowest BCUT2D eigenvalue weighted by molar-refractivity contribution is -0.0577. The summed E-state index contributed by atoms with van der Waals surface area (Å²) in [7, 11) is 0. The van der Waals surface area contributed by atoms with Crippen LogP contribution in [0.5, 0.6) is 0 Å². The van der Waals surface area contributed by atoms with Gasteiger partial charge in [-0.25, -0.2) is 4.79 Å². The molecule has 0 unspecified atom stereocenters. The molecule has 4 aliphatic rings. The third-order valence-electron chi connectivity index (χ3n) is 11.7. The zero-order valence-corrected chi connectivity index (χ0v) is 26.2. The third kappa shape index (κ3) is 5.78. The zero-order valence-electron chi connectivity index (χ0n) is 24.7. The number of fused-ring (bicyclic) bond motifs is 5. The van der Waals surface area contributed by atoms with Crippen LogP contribution in [0.1, 0.15) is 105 Å².